The van der Waals surface area contributed by atoms with E-state index in [0.29, 0.717) is 23.0 Å². The van der Waals surface area contributed by atoms with Crippen molar-refractivity contribution in [1.82, 2.24) is 5.32 Å². The van der Waals surface area contributed by atoms with Crippen molar-refractivity contribution in [2.45, 2.75) is 26.4 Å². The number of carbonyl (C=O) groups excluding carboxylic acids is 1. The van der Waals surface area contributed by atoms with Gasteiger partial charge in [-0.15, -0.1) is 11.3 Å². The largest absolute Gasteiger partial charge is 0.397 e. The van der Waals surface area contributed by atoms with Crippen LogP contribution in [0.3, 0.4) is 0 Å². The summed E-state index contributed by atoms with van der Waals surface area (Å²) >= 11 is 1.46. The number of hydrogen-bond donors (Lipinski definition) is 2. The molecule has 2 aromatic rings. The summed E-state index contributed by atoms with van der Waals surface area (Å²) < 4.78 is 6.57. The van der Waals surface area contributed by atoms with Crippen LogP contribution < -0.4 is 11.1 Å². The Morgan fingerprint density at radius 2 is 2.33 bits per heavy atom. The van der Waals surface area contributed by atoms with Gasteiger partial charge in [0.2, 0.25) is 0 Å². The van der Waals surface area contributed by atoms with Crippen molar-refractivity contribution in [3.8, 4) is 0 Å². The highest BCUT2D eigenvalue weighted by atomic mass is 32.1. The van der Waals surface area contributed by atoms with Crippen molar-refractivity contribution >= 4 is 33.0 Å². The van der Waals surface area contributed by atoms with E-state index in [1.807, 2.05) is 25.1 Å². The fourth-order valence-corrected chi connectivity index (χ4v) is 3.77. The van der Waals surface area contributed by atoms with Crippen LogP contribution in [0.25, 0.3) is 10.1 Å². The Morgan fingerprint density at radius 3 is 3.05 bits per heavy atom. The minimum atomic E-state index is -0.0783. The molecule has 0 saturated carbocycles. The van der Waals surface area contributed by atoms with Crippen LogP contribution in [-0.2, 0) is 4.74 Å². The standard InChI is InChI=1S/C16H20N2O2S/c1-9-3-4-13-12(7-9)14(17)15(21-13)16(19)18-8-11-5-6-20-10(11)2/h3-4,7,10-11H,5-6,8,17H2,1-2H3,(H,18,19). The van der Waals surface area contributed by atoms with Crippen LogP contribution in [0.2, 0.25) is 0 Å². The van der Waals surface area contributed by atoms with Crippen LogP contribution in [0.4, 0.5) is 5.69 Å². The molecule has 2 atom stereocenters. The summed E-state index contributed by atoms with van der Waals surface area (Å²) in [7, 11) is 0. The van der Waals surface area contributed by atoms with Gasteiger partial charge in [-0.2, -0.15) is 0 Å². The molecule has 1 amide bonds. The zero-order valence-corrected chi connectivity index (χ0v) is 13.1. The van der Waals surface area contributed by atoms with Crippen LogP contribution in [-0.4, -0.2) is 25.2 Å². The maximum atomic E-state index is 12.4. The Morgan fingerprint density at radius 1 is 1.52 bits per heavy atom. The highest BCUT2D eigenvalue weighted by Gasteiger charge is 2.25. The Labute approximate surface area is 128 Å². The summed E-state index contributed by atoms with van der Waals surface area (Å²) in [6.45, 7) is 5.51. The SMILES string of the molecule is Cc1ccc2sc(C(=O)NCC3CCOC3C)c(N)c2c1. The van der Waals surface area contributed by atoms with Crippen molar-refractivity contribution in [3.05, 3.63) is 28.6 Å². The molecular weight excluding hydrogens is 284 g/mol. The molecule has 0 bridgehead atoms. The van der Waals surface area contributed by atoms with E-state index in [0.717, 1.165) is 28.7 Å². The summed E-state index contributed by atoms with van der Waals surface area (Å²) in [4.78, 5) is 13.0. The van der Waals surface area contributed by atoms with Crippen LogP contribution in [0.1, 0.15) is 28.6 Å². The van der Waals surface area contributed by atoms with Crippen LogP contribution in [0.15, 0.2) is 18.2 Å². The number of nitrogens with one attached hydrogen (secondary N) is 1. The number of rotatable bonds is 3. The highest BCUT2D eigenvalue weighted by molar-refractivity contribution is 7.21. The average Bonchev–Trinajstić information content (AvgIpc) is 3.01. The number of thiophene rings is 1. The number of nitrogen functional groups attached to an aromatic ring is 1. The minimum absolute atomic E-state index is 0.0783. The number of anilines is 1. The smallest absolute Gasteiger partial charge is 0.263 e. The fourth-order valence-electron chi connectivity index (χ4n) is 2.75. The molecule has 0 aliphatic carbocycles. The fraction of sp³-hybridized carbons (Fsp3) is 0.438. The van der Waals surface area contributed by atoms with Crippen molar-refractivity contribution in [1.29, 1.82) is 0 Å². The molecule has 2 heterocycles. The maximum absolute atomic E-state index is 12.4. The van der Waals surface area contributed by atoms with E-state index in [9.17, 15) is 4.79 Å². The van der Waals surface area contributed by atoms with Gasteiger partial charge in [-0.3, -0.25) is 4.79 Å². The van der Waals surface area contributed by atoms with Gasteiger partial charge >= 0.3 is 0 Å². The summed E-state index contributed by atoms with van der Waals surface area (Å²) in [5, 5.41) is 3.97. The summed E-state index contributed by atoms with van der Waals surface area (Å²) in [6, 6.07) is 6.09. The Kier molecular flexibility index (Phi) is 3.87. The normalized spacial score (nSPS) is 21.8. The van der Waals surface area contributed by atoms with Gasteiger partial charge in [-0.25, -0.2) is 0 Å². The molecule has 1 fully saturated rings. The van der Waals surface area contributed by atoms with Gasteiger partial charge in [0.05, 0.1) is 11.8 Å². The van der Waals surface area contributed by atoms with E-state index in [-0.39, 0.29) is 12.0 Å². The maximum Gasteiger partial charge on any atom is 0.263 e. The van der Waals surface area contributed by atoms with Crippen molar-refractivity contribution in [2.24, 2.45) is 5.92 Å². The second-order valence-electron chi connectivity index (χ2n) is 5.68. The summed E-state index contributed by atoms with van der Waals surface area (Å²) in [5.74, 6) is 0.317. The topological polar surface area (TPSA) is 64.3 Å². The van der Waals surface area contributed by atoms with Gasteiger partial charge < -0.3 is 15.8 Å². The molecule has 3 N–H and O–H groups in total. The predicted octanol–water partition coefficient (Wildman–Crippen LogP) is 2.95. The first-order valence-corrected chi connectivity index (χ1v) is 8.06. The molecule has 1 saturated heterocycles. The zero-order valence-electron chi connectivity index (χ0n) is 12.3. The van der Waals surface area contributed by atoms with Gasteiger partial charge in [0.1, 0.15) is 4.88 Å². The number of carbonyl (C=O) groups is 1. The van der Waals surface area contributed by atoms with E-state index in [4.69, 9.17) is 10.5 Å². The van der Waals surface area contributed by atoms with Gasteiger partial charge in [0.25, 0.3) is 5.91 Å². The third-order valence-electron chi connectivity index (χ3n) is 4.15. The highest BCUT2D eigenvalue weighted by Crippen LogP contribution is 2.34. The van der Waals surface area contributed by atoms with Crippen LogP contribution >= 0.6 is 11.3 Å². The molecule has 2 unspecified atom stereocenters. The number of ether oxygens (including phenoxy) is 1. The summed E-state index contributed by atoms with van der Waals surface area (Å²) in [6.07, 6.45) is 1.22. The molecule has 0 spiro atoms. The number of nitrogens with two attached hydrogens (primary N) is 1. The quantitative estimate of drug-likeness (QED) is 0.916. The molecule has 112 valence electrons. The average molecular weight is 304 g/mol. The van der Waals surface area contributed by atoms with Gasteiger partial charge in [-0.05, 0) is 32.4 Å². The number of amides is 1. The molecule has 1 aliphatic heterocycles. The molecule has 0 radical (unpaired) electrons. The molecule has 4 nitrogen and oxygen atoms in total. The van der Waals surface area contributed by atoms with Crippen molar-refractivity contribution in [2.75, 3.05) is 18.9 Å². The lowest BCUT2D eigenvalue weighted by atomic mass is 10.0. The lowest BCUT2D eigenvalue weighted by Crippen LogP contribution is -2.31. The number of fused-ring (bicyclic) bond motifs is 1. The first kappa shape index (κ1) is 14.4. The van der Waals surface area contributed by atoms with Crippen LogP contribution in [0, 0.1) is 12.8 Å². The molecule has 1 aromatic heterocycles. The second kappa shape index (κ2) is 5.66. The first-order valence-electron chi connectivity index (χ1n) is 7.24. The van der Waals surface area contributed by atoms with E-state index < -0.39 is 0 Å². The molecular formula is C16H20N2O2S. The lowest BCUT2D eigenvalue weighted by Gasteiger charge is -2.14. The molecule has 1 aromatic carbocycles. The third kappa shape index (κ3) is 2.76. The van der Waals surface area contributed by atoms with E-state index in [1.165, 1.54) is 11.3 Å². The Balaban J connectivity index is 1.76. The molecule has 21 heavy (non-hydrogen) atoms. The van der Waals surface area contributed by atoms with E-state index in [1.54, 1.807) is 0 Å². The van der Waals surface area contributed by atoms with Gasteiger partial charge in [0.15, 0.2) is 0 Å². The summed E-state index contributed by atoms with van der Waals surface area (Å²) in [5.41, 5.74) is 7.88. The van der Waals surface area contributed by atoms with Crippen LogP contribution in [0.5, 0.6) is 0 Å². The Bertz CT molecular complexity index is 680. The van der Waals surface area contributed by atoms with E-state index in [2.05, 4.69) is 12.2 Å². The molecule has 3 rings (SSSR count). The molecule has 5 heteroatoms. The van der Waals surface area contributed by atoms with Gasteiger partial charge in [0, 0.05) is 29.2 Å². The Hall–Kier alpha value is -1.59. The number of benzene rings is 1. The second-order valence-corrected chi connectivity index (χ2v) is 6.73. The monoisotopic (exact) mass is 304 g/mol. The first-order chi connectivity index (χ1) is 10.1. The van der Waals surface area contributed by atoms with Crippen molar-refractivity contribution < 1.29 is 9.53 Å². The zero-order chi connectivity index (χ0) is 15.0. The van der Waals surface area contributed by atoms with Crippen molar-refractivity contribution in [3.63, 3.8) is 0 Å². The number of hydrogen-bond acceptors (Lipinski definition) is 4. The molecule has 1 aliphatic rings. The van der Waals surface area contributed by atoms with E-state index >= 15 is 0 Å². The number of aryl methyl sites for hydroxylation is 1. The lowest BCUT2D eigenvalue weighted by molar-refractivity contribution is 0.0911. The minimum Gasteiger partial charge on any atom is -0.397 e. The third-order valence-corrected chi connectivity index (χ3v) is 5.33. The predicted molar refractivity (Wildman–Crippen MR) is 86.8 cm³/mol. The van der Waals surface area contributed by atoms with Gasteiger partial charge in [-0.1, -0.05) is 11.6 Å².